The lowest BCUT2D eigenvalue weighted by Crippen LogP contribution is -2.36. The monoisotopic (exact) mass is 225 g/mol. The predicted molar refractivity (Wildman–Crippen MR) is 62.2 cm³/mol. The van der Waals surface area contributed by atoms with Gasteiger partial charge in [0.05, 0.1) is 13.2 Å². The Morgan fingerprint density at radius 1 is 1.40 bits per heavy atom. The Balaban J connectivity index is 1.66. The maximum Gasteiger partial charge on any atom is 0.111 e. The summed E-state index contributed by atoms with van der Waals surface area (Å²) >= 11 is 0. The van der Waals surface area contributed by atoms with Crippen LogP contribution in [-0.4, -0.2) is 25.5 Å². The third-order valence-electron chi connectivity index (χ3n) is 2.22. The van der Waals surface area contributed by atoms with Crippen molar-refractivity contribution in [2.75, 3.05) is 19.7 Å². The number of rotatable bonds is 4. The SMILES string of the molecule is c1ccc(COPC2CNCCO2)cc1. The molecule has 1 aliphatic rings. The number of hydrogen-bond donors (Lipinski definition) is 1. The van der Waals surface area contributed by atoms with E-state index in [0.29, 0.717) is 15.4 Å². The van der Waals surface area contributed by atoms with E-state index in [4.69, 9.17) is 9.26 Å². The molecule has 2 atom stereocenters. The molecule has 3 nitrogen and oxygen atoms in total. The maximum absolute atomic E-state index is 5.62. The summed E-state index contributed by atoms with van der Waals surface area (Å²) in [6.45, 7) is 3.35. The summed E-state index contributed by atoms with van der Waals surface area (Å²) < 4.78 is 11.2. The van der Waals surface area contributed by atoms with Crippen LogP contribution in [0.4, 0.5) is 0 Å². The minimum absolute atomic E-state index is 0.238. The Labute approximate surface area is 92.0 Å². The summed E-state index contributed by atoms with van der Waals surface area (Å²) in [5.41, 5.74) is 1.22. The van der Waals surface area contributed by atoms with Gasteiger partial charge in [0.25, 0.3) is 0 Å². The minimum Gasteiger partial charge on any atom is -0.369 e. The van der Waals surface area contributed by atoms with E-state index in [9.17, 15) is 0 Å². The van der Waals surface area contributed by atoms with Gasteiger partial charge in [0.1, 0.15) is 5.85 Å². The molecular weight excluding hydrogens is 209 g/mol. The second kappa shape index (κ2) is 6.19. The predicted octanol–water partition coefficient (Wildman–Crippen LogP) is 1.74. The number of morpholine rings is 1. The van der Waals surface area contributed by atoms with Crippen molar-refractivity contribution in [3.63, 3.8) is 0 Å². The van der Waals surface area contributed by atoms with Crippen molar-refractivity contribution in [2.24, 2.45) is 0 Å². The molecule has 15 heavy (non-hydrogen) atoms. The fourth-order valence-electron chi connectivity index (χ4n) is 1.43. The molecule has 2 unspecified atom stereocenters. The molecule has 82 valence electrons. The average molecular weight is 225 g/mol. The van der Waals surface area contributed by atoms with Crippen LogP contribution in [0.5, 0.6) is 0 Å². The Morgan fingerprint density at radius 3 is 3.00 bits per heavy atom. The molecule has 1 N–H and O–H groups in total. The van der Waals surface area contributed by atoms with Crippen molar-refractivity contribution in [1.82, 2.24) is 5.32 Å². The zero-order chi connectivity index (χ0) is 10.3. The summed E-state index contributed by atoms with van der Waals surface area (Å²) in [7, 11) is 0.422. The van der Waals surface area contributed by atoms with Crippen LogP contribution in [0, 0.1) is 0 Å². The maximum atomic E-state index is 5.62. The number of ether oxygens (including phenoxy) is 1. The first kappa shape index (κ1) is 11.0. The Bertz CT molecular complexity index is 275. The molecule has 0 aliphatic carbocycles. The number of nitrogens with one attached hydrogen (secondary N) is 1. The van der Waals surface area contributed by atoms with Gasteiger partial charge in [-0.2, -0.15) is 0 Å². The highest BCUT2D eigenvalue weighted by Gasteiger charge is 2.13. The van der Waals surface area contributed by atoms with E-state index in [1.165, 1.54) is 5.56 Å². The van der Waals surface area contributed by atoms with E-state index in [1.54, 1.807) is 0 Å². The van der Waals surface area contributed by atoms with Crippen LogP contribution in [0.25, 0.3) is 0 Å². The minimum atomic E-state index is 0.238. The molecule has 1 fully saturated rings. The van der Waals surface area contributed by atoms with Crippen molar-refractivity contribution in [3.05, 3.63) is 35.9 Å². The third-order valence-corrected chi connectivity index (χ3v) is 3.17. The van der Waals surface area contributed by atoms with E-state index in [1.807, 2.05) is 18.2 Å². The molecule has 1 saturated heterocycles. The van der Waals surface area contributed by atoms with Crippen molar-refractivity contribution in [3.8, 4) is 0 Å². The van der Waals surface area contributed by atoms with Gasteiger partial charge in [0.15, 0.2) is 0 Å². The largest absolute Gasteiger partial charge is 0.369 e. The first-order chi connectivity index (χ1) is 7.45. The molecule has 4 heteroatoms. The lowest BCUT2D eigenvalue weighted by molar-refractivity contribution is 0.0759. The van der Waals surface area contributed by atoms with Gasteiger partial charge in [0, 0.05) is 21.9 Å². The van der Waals surface area contributed by atoms with Crippen molar-refractivity contribution in [1.29, 1.82) is 0 Å². The van der Waals surface area contributed by atoms with E-state index in [2.05, 4.69) is 17.4 Å². The van der Waals surface area contributed by atoms with Gasteiger partial charge < -0.3 is 14.6 Å². The van der Waals surface area contributed by atoms with Crippen molar-refractivity contribution < 1.29 is 9.26 Å². The first-order valence-electron chi connectivity index (χ1n) is 5.19. The number of hydrogen-bond acceptors (Lipinski definition) is 3. The smallest absolute Gasteiger partial charge is 0.111 e. The standard InChI is InChI=1S/C11H16NO2P/c1-2-4-10(5-3-1)9-14-15-11-8-12-6-7-13-11/h1-5,11-12,15H,6-9H2. The molecule has 0 aromatic heterocycles. The first-order valence-corrected chi connectivity index (χ1v) is 6.17. The molecule has 1 aromatic carbocycles. The molecule has 0 amide bonds. The quantitative estimate of drug-likeness (QED) is 0.792. The highest BCUT2D eigenvalue weighted by atomic mass is 31.1. The van der Waals surface area contributed by atoms with Gasteiger partial charge in [0.2, 0.25) is 0 Å². The number of benzene rings is 1. The van der Waals surface area contributed by atoms with Crippen LogP contribution in [0.1, 0.15) is 5.56 Å². The lowest BCUT2D eigenvalue weighted by atomic mass is 10.2. The van der Waals surface area contributed by atoms with Gasteiger partial charge in [-0.25, -0.2) is 0 Å². The normalized spacial score (nSPS) is 22.3. The highest BCUT2D eigenvalue weighted by molar-refractivity contribution is 7.32. The van der Waals surface area contributed by atoms with Crippen LogP contribution >= 0.6 is 8.81 Å². The van der Waals surface area contributed by atoms with E-state index in [0.717, 1.165) is 19.7 Å². The van der Waals surface area contributed by atoms with Crippen LogP contribution in [0.3, 0.4) is 0 Å². The molecule has 2 rings (SSSR count). The molecule has 1 heterocycles. The zero-order valence-electron chi connectivity index (χ0n) is 8.61. The van der Waals surface area contributed by atoms with Gasteiger partial charge in [-0.1, -0.05) is 30.3 Å². The van der Waals surface area contributed by atoms with Crippen LogP contribution in [-0.2, 0) is 15.9 Å². The topological polar surface area (TPSA) is 30.5 Å². The summed E-state index contributed by atoms with van der Waals surface area (Å²) in [6.07, 6.45) is 0. The van der Waals surface area contributed by atoms with Crippen LogP contribution < -0.4 is 5.32 Å². The molecule has 1 aliphatic heterocycles. The van der Waals surface area contributed by atoms with E-state index >= 15 is 0 Å². The third kappa shape index (κ3) is 3.88. The second-order valence-corrected chi connectivity index (χ2v) is 4.62. The highest BCUT2D eigenvalue weighted by Crippen LogP contribution is 2.24. The molecule has 0 bridgehead atoms. The Kier molecular flexibility index (Phi) is 4.55. The summed E-state index contributed by atoms with van der Waals surface area (Å²) in [4.78, 5) is 0. The molecule has 0 saturated carbocycles. The van der Waals surface area contributed by atoms with Crippen LogP contribution in [0.15, 0.2) is 30.3 Å². The summed E-state index contributed by atoms with van der Waals surface area (Å²) in [5.74, 6) is 0.238. The van der Waals surface area contributed by atoms with Crippen LogP contribution in [0.2, 0.25) is 0 Å². The van der Waals surface area contributed by atoms with Gasteiger partial charge >= 0.3 is 0 Å². The fourth-order valence-corrected chi connectivity index (χ4v) is 2.28. The Hall–Kier alpha value is -0.470. The molecule has 0 radical (unpaired) electrons. The summed E-state index contributed by atoms with van der Waals surface area (Å²) in [5, 5.41) is 3.29. The van der Waals surface area contributed by atoms with Crippen molar-refractivity contribution >= 4 is 8.81 Å². The van der Waals surface area contributed by atoms with Gasteiger partial charge in [-0.05, 0) is 5.56 Å². The lowest BCUT2D eigenvalue weighted by Gasteiger charge is -2.22. The molecular formula is C11H16NO2P. The van der Waals surface area contributed by atoms with Gasteiger partial charge in [-0.3, -0.25) is 0 Å². The summed E-state index contributed by atoms with van der Waals surface area (Å²) in [6, 6.07) is 10.2. The molecule has 0 spiro atoms. The second-order valence-electron chi connectivity index (χ2n) is 3.46. The van der Waals surface area contributed by atoms with Crippen molar-refractivity contribution in [2.45, 2.75) is 12.5 Å². The van der Waals surface area contributed by atoms with Gasteiger partial charge in [-0.15, -0.1) is 0 Å². The molecule has 1 aromatic rings. The fraction of sp³-hybridized carbons (Fsp3) is 0.455. The Morgan fingerprint density at radius 2 is 2.27 bits per heavy atom. The average Bonchev–Trinajstić information content (AvgIpc) is 2.32. The zero-order valence-corrected chi connectivity index (χ0v) is 9.61. The van der Waals surface area contributed by atoms with E-state index < -0.39 is 0 Å². The van der Waals surface area contributed by atoms with E-state index in [-0.39, 0.29) is 5.85 Å².